The zero-order valence-corrected chi connectivity index (χ0v) is 15.4. The minimum Gasteiger partial charge on any atom is -0.322 e. The van der Waals surface area contributed by atoms with Crippen molar-refractivity contribution in [2.75, 3.05) is 5.32 Å². The van der Waals surface area contributed by atoms with Gasteiger partial charge in [0.05, 0.1) is 23.1 Å². The topological polar surface area (TPSA) is 46.9 Å². The third-order valence-corrected chi connectivity index (χ3v) is 5.21. The van der Waals surface area contributed by atoms with E-state index in [1.165, 1.54) is 5.56 Å². The van der Waals surface area contributed by atoms with Crippen LogP contribution in [0.25, 0.3) is 5.69 Å². The summed E-state index contributed by atoms with van der Waals surface area (Å²) in [6, 6.07) is 14.1. The van der Waals surface area contributed by atoms with E-state index in [0.717, 1.165) is 41.0 Å². The number of aryl methyl sites for hydroxylation is 2. The second kappa shape index (κ2) is 6.45. The van der Waals surface area contributed by atoms with Crippen LogP contribution in [0.4, 0.5) is 5.69 Å². The van der Waals surface area contributed by atoms with Crippen LogP contribution in [-0.2, 0) is 0 Å². The van der Waals surface area contributed by atoms with Crippen LogP contribution in [0.15, 0.2) is 48.7 Å². The Morgan fingerprint density at radius 2 is 1.77 bits per heavy atom. The monoisotopic (exact) mass is 345 g/mol. The van der Waals surface area contributed by atoms with Crippen molar-refractivity contribution < 1.29 is 4.79 Å². The van der Waals surface area contributed by atoms with Crippen LogP contribution in [0, 0.1) is 20.8 Å². The Morgan fingerprint density at radius 3 is 2.50 bits per heavy atom. The molecule has 4 nitrogen and oxygen atoms in total. The van der Waals surface area contributed by atoms with Crippen molar-refractivity contribution in [1.82, 2.24) is 9.78 Å². The SMILES string of the molecule is Cc1ccccc1-n1ncc(C(=O)Nc2cccc(C)c2C)c1C1CC1. The summed E-state index contributed by atoms with van der Waals surface area (Å²) in [6.45, 7) is 6.16. The lowest BCUT2D eigenvalue weighted by Gasteiger charge is -2.13. The van der Waals surface area contributed by atoms with E-state index in [1.807, 2.05) is 35.9 Å². The predicted octanol–water partition coefficient (Wildman–Crippen LogP) is 4.93. The molecule has 1 aromatic heterocycles. The number of carbonyl (C=O) groups is 1. The first-order valence-corrected chi connectivity index (χ1v) is 9.07. The van der Waals surface area contributed by atoms with Gasteiger partial charge in [0.2, 0.25) is 0 Å². The quantitative estimate of drug-likeness (QED) is 0.729. The van der Waals surface area contributed by atoms with Gasteiger partial charge in [0, 0.05) is 11.6 Å². The molecule has 0 spiro atoms. The first-order valence-electron chi connectivity index (χ1n) is 9.07. The molecule has 1 heterocycles. The molecule has 0 unspecified atom stereocenters. The molecule has 4 heteroatoms. The lowest BCUT2D eigenvalue weighted by molar-refractivity contribution is 0.102. The van der Waals surface area contributed by atoms with E-state index in [1.54, 1.807) is 6.20 Å². The smallest absolute Gasteiger partial charge is 0.259 e. The Balaban J connectivity index is 1.72. The van der Waals surface area contributed by atoms with Crippen LogP contribution in [0.3, 0.4) is 0 Å². The van der Waals surface area contributed by atoms with Crippen molar-refractivity contribution in [1.29, 1.82) is 0 Å². The zero-order chi connectivity index (χ0) is 18.3. The Labute approximate surface area is 153 Å². The number of aromatic nitrogens is 2. The maximum atomic E-state index is 13.0. The Kier molecular flexibility index (Phi) is 4.11. The lowest BCUT2D eigenvalue weighted by atomic mass is 10.1. The van der Waals surface area contributed by atoms with Gasteiger partial charge in [-0.3, -0.25) is 4.79 Å². The molecular formula is C22H23N3O. The molecule has 26 heavy (non-hydrogen) atoms. The molecule has 0 radical (unpaired) electrons. The van der Waals surface area contributed by atoms with E-state index in [9.17, 15) is 4.79 Å². The third-order valence-electron chi connectivity index (χ3n) is 5.21. The number of para-hydroxylation sites is 1. The summed E-state index contributed by atoms with van der Waals surface area (Å²) in [5, 5.41) is 7.64. The normalized spacial score (nSPS) is 13.7. The summed E-state index contributed by atoms with van der Waals surface area (Å²) >= 11 is 0. The highest BCUT2D eigenvalue weighted by Gasteiger charge is 2.33. The fraction of sp³-hybridized carbons (Fsp3) is 0.273. The van der Waals surface area contributed by atoms with Crippen molar-refractivity contribution in [2.45, 2.75) is 39.5 Å². The average molecular weight is 345 g/mol. The van der Waals surface area contributed by atoms with Crippen molar-refractivity contribution in [2.24, 2.45) is 0 Å². The number of nitrogens with zero attached hydrogens (tertiary/aromatic N) is 2. The van der Waals surface area contributed by atoms with Crippen LogP contribution in [0.2, 0.25) is 0 Å². The van der Waals surface area contributed by atoms with E-state index in [0.29, 0.717) is 11.5 Å². The molecule has 1 aliphatic carbocycles. The average Bonchev–Trinajstić information content (AvgIpc) is 3.38. The molecule has 2 aromatic carbocycles. The number of amides is 1. The summed E-state index contributed by atoms with van der Waals surface area (Å²) in [5.41, 5.74) is 7.03. The summed E-state index contributed by atoms with van der Waals surface area (Å²) in [5.74, 6) is 0.330. The van der Waals surface area contributed by atoms with Gasteiger partial charge in [-0.2, -0.15) is 5.10 Å². The van der Waals surface area contributed by atoms with E-state index >= 15 is 0 Å². The largest absolute Gasteiger partial charge is 0.322 e. The number of hydrogen-bond acceptors (Lipinski definition) is 2. The third kappa shape index (κ3) is 2.92. The fourth-order valence-corrected chi connectivity index (χ4v) is 3.35. The molecule has 1 fully saturated rings. The maximum absolute atomic E-state index is 13.0. The Morgan fingerprint density at radius 1 is 1.04 bits per heavy atom. The molecule has 1 amide bonds. The van der Waals surface area contributed by atoms with Gasteiger partial charge in [-0.25, -0.2) is 4.68 Å². The minimum absolute atomic E-state index is 0.0829. The van der Waals surface area contributed by atoms with Crippen LogP contribution < -0.4 is 5.32 Å². The summed E-state index contributed by atoms with van der Waals surface area (Å²) in [6.07, 6.45) is 3.93. The van der Waals surface area contributed by atoms with Gasteiger partial charge in [-0.1, -0.05) is 30.3 Å². The van der Waals surface area contributed by atoms with Gasteiger partial charge in [0.15, 0.2) is 0 Å². The second-order valence-electron chi connectivity index (χ2n) is 7.12. The fourth-order valence-electron chi connectivity index (χ4n) is 3.35. The lowest BCUT2D eigenvalue weighted by Crippen LogP contribution is -2.15. The van der Waals surface area contributed by atoms with Gasteiger partial charge in [-0.05, 0) is 62.4 Å². The molecule has 0 aliphatic heterocycles. The van der Waals surface area contributed by atoms with E-state index in [2.05, 4.69) is 42.5 Å². The number of rotatable bonds is 4. The molecule has 0 atom stereocenters. The predicted molar refractivity (Wildman–Crippen MR) is 104 cm³/mol. The molecule has 4 rings (SSSR count). The van der Waals surface area contributed by atoms with E-state index < -0.39 is 0 Å². The standard InChI is InChI=1S/C22H23N3O/c1-14-8-6-9-19(16(14)3)24-22(26)18-13-23-25(21(18)17-11-12-17)20-10-5-4-7-15(20)2/h4-10,13,17H,11-12H2,1-3H3,(H,24,26). The van der Waals surface area contributed by atoms with E-state index in [-0.39, 0.29) is 5.91 Å². The number of anilines is 1. The Bertz CT molecular complexity index is 983. The molecule has 0 bridgehead atoms. The van der Waals surface area contributed by atoms with Crippen molar-refractivity contribution >= 4 is 11.6 Å². The number of nitrogens with one attached hydrogen (secondary N) is 1. The molecule has 0 saturated heterocycles. The van der Waals surface area contributed by atoms with Gasteiger partial charge in [-0.15, -0.1) is 0 Å². The molecule has 1 saturated carbocycles. The first-order chi connectivity index (χ1) is 12.6. The highest BCUT2D eigenvalue weighted by molar-refractivity contribution is 6.05. The second-order valence-corrected chi connectivity index (χ2v) is 7.12. The number of hydrogen-bond donors (Lipinski definition) is 1. The van der Waals surface area contributed by atoms with Gasteiger partial charge in [0.25, 0.3) is 5.91 Å². The van der Waals surface area contributed by atoms with Crippen LogP contribution in [0.5, 0.6) is 0 Å². The molecule has 132 valence electrons. The molecule has 1 aliphatic rings. The molecule has 3 aromatic rings. The van der Waals surface area contributed by atoms with Gasteiger partial charge >= 0.3 is 0 Å². The summed E-state index contributed by atoms with van der Waals surface area (Å²) < 4.78 is 1.95. The van der Waals surface area contributed by atoms with Crippen LogP contribution in [-0.4, -0.2) is 15.7 Å². The van der Waals surface area contributed by atoms with Gasteiger partial charge in [0.1, 0.15) is 0 Å². The van der Waals surface area contributed by atoms with Crippen molar-refractivity contribution in [3.05, 3.63) is 76.6 Å². The molecular weight excluding hydrogens is 322 g/mol. The van der Waals surface area contributed by atoms with Crippen LogP contribution in [0.1, 0.15) is 51.5 Å². The summed E-state index contributed by atoms with van der Waals surface area (Å²) in [7, 11) is 0. The number of carbonyl (C=O) groups excluding carboxylic acids is 1. The first kappa shape index (κ1) is 16.6. The highest BCUT2D eigenvalue weighted by Crippen LogP contribution is 2.43. The highest BCUT2D eigenvalue weighted by atomic mass is 16.1. The minimum atomic E-state index is -0.0829. The summed E-state index contributed by atoms with van der Waals surface area (Å²) in [4.78, 5) is 13.0. The zero-order valence-electron chi connectivity index (χ0n) is 15.4. The maximum Gasteiger partial charge on any atom is 0.259 e. The molecule has 1 N–H and O–H groups in total. The van der Waals surface area contributed by atoms with Crippen molar-refractivity contribution in [3.8, 4) is 5.69 Å². The van der Waals surface area contributed by atoms with Crippen molar-refractivity contribution in [3.63, 3.8) is 0 Å². The Hall–Kier alpha value is -2.88. The van der Waals surface area contributed by atoms with Gasteiger partial charge < -0.3 is 5.32 Å². The van der Waals surface area contributed by atoms with E-state index in [4.69, 9.17) is 0 Å². The number of benzene rings is 2. The van der Waals surface area contributed by atoms with Crippen LogP contribution >= 0.6 is 0 Å².